The molecule has 4 aromatic carbocycles. The van der Waals surface area contributed by atoms with Crippen molar-refractivity contribution in [3.63, 3.8) is 0 Å². The van der Waals surface area contributed by atoms with Gasteiger partial charge in [-0.2, -0.15) is 0 Å². The Morgan fingerprint density at radius 2 is 0.931 bits per heavy atom. The van der Waals surface area contributed by atoms with Crippen LogP contribution in [-0.4, -0.2) is 8.07 Å². The third-order valence-electron chi connectivity index (χ3n) is 5.82. The fourth-order valence-corrected chi connectivity index (χ4v) is 9.33. The Bertz CT molecular complexity index is 970. The molecule has 0 saturated carbocycles. The lowest BCUT2D eigenvalue weighted by atomic mass is 10.0. The second kappa shape index (κ2) is 8.22. The highest BCUT2D eigenvalue weighted by molar-refractivity contribution is 7.19. The van der Waals surface area contributed by atoms with Crippen LogP contribution in [0.15, 0.2) is 109 Å². The van der Waals surface area contributed by atoms with Gasteiger partial charge in [0.15, 0.2) is 8.07 Å². The maximum Gasteiger partial charge on any atom is 0.179 e. The lowest BCUT2D eigenvalue weighted by Gasteiger charge is -2.35. The van der Waals surface area contributed by atoms with Gasteiger partial charge in [0.1, 0.15) is 0 Å². The van der Waals surface area contributed by atoms with Crippen LogP contribution in [0.1, 0.15) is 30.9 Å². The number of hydrogen-bond donors (Lipinski definition) is 0. The van der Waals surface area contributed by atoms with Crippen LogP contribution in [0.3, 0.4) is 0 Å². The summed E-state index contributed by atoms with van der Waals surface area (Å²) in [5.74, 6) is 0.502. The van der Waals surface area contributed by atoms with Gasteiger partial charge in [-0.15, -0.1) is 0 Å². The Morgan fingerprint density at radius 1 is 0.517 bits per heavy atom. The highest BCUT2D eigenvalue weighted by Gasteiger charge is 2.41. The van der Waals surface area contributed by atoms with Crippen LogP contribution in [0, 0.1) is 6.92 Å². The summed E-state index contributed by atoms with van der Waals surface area (Å²) in [6.07, 6.45) is 0. The molecular formula is C28H28Si. The van der Waals surface area contributed by atoms with E-state index in [-0.39, 0.29) is 0 Å². The molecule has 4 aromatic rings. The molecular weight excluding hydrogens is 364 g/mol. The minimum Gasteiger partial charge on any atom is -0.0623 e. The zero-order valence-corrected chi connectivity index (χ0v) is 18.5. The molecule has 1 heteroatoms. The molecule has 144 valence electrons. The molecule has 0 aliphatic carbocycles. The molecule has 0 fully saturated rings. The Labute approximate surface area is 175 Å². The van der Waals surface area contributed by atoms with Crippen molar-refractivity contribution in [1.29, 1.82) is 0 Å². The van der Waals surface area contributed by atoms with E-state index in [2.05, 4.69) is 130 Å². The number of benzene rings is 4. The summed E-state index contributed by atoms with van der Waals surface area (Å²) in [5, 5.41) is 5.75. The van der Waals surface area contributed by atoms with Gasteiger partial charge in [-0.1, -0.05) is 129 Å². The van der Waals surface area contributed by atoms with Crippen molar-refractivity contribution >= 4 is 28.8 Å². The SMILES string of the molecule is Cc1cc(C(C)C)cc([Si](c2ccccc2)(c2ccccc2)c2ccccc2)c1. The van der Waals surface area contributed by atoms with E-state index in [1.807, 2.05) is 0 Å². The first-order valence-electron chi connectivity index (χ1n) is 10.4. The van der Waals surface area contributed by atoms with Gasteiger partial charge >= 0.3 is 0 Å². The number of hydrogen-bond acceptors (Lipinski definition) is 0. The maximum atomic E-state index is 2.47. The molecule has 0 heterocycles. The maximum absolute atomic E-state index is 2.47. The minimum absolute atomic E-state index is 0.502. The monoisotopic (exact) mass is 392 g/mol. The third kappa shape index (κ3) is 3.59. The van der Waals surface area contributed by atoms with Gasteiger partial charge in [-0.05, 0) is 39.2 Å². The quantitative estimate of drug-likeness (QED) is 0.347. The van der Waals surface area contributed by atoms with Gasteiger partial charge in [0, 0.05) is 0 Å². The van der Waals surface area contributed by atoms with Gasteiger partial charge in [0.05, 0.1) is 0 Å². The molecule has 0 N–H and O–H groups in total. The van der Waals surface area contributed by atoms with Crippen molar-refractivity contribution in [2.24, 2.45) is 0 Å². The molecule has 0 unspecified atom stereocenters. The first-order valence-corrected chi connectivity index (χ1v) is 12.4. The van der Waals surface area contributed by atoms with Crippen molar-refractivity contribution in [2.75, 3.05) is 0 Å². The topological polar surface area (TPSA) is 0 Å². The van der Waals surface area contributed by atoms with E-state index in [1.54, 1.807) is 0 Å². The molecule has 0 atom stereocenters. The van der Waals surface area contributed by atoms with E-state index in [9.17, 15) is 0 Å². The first-order chi connectivity index (χ1) is 14.1. The Balaban J connectivity index is 2.15. The summed E-state index contributed by atoms with van der Waals surface area (Å²) in [4.78, 5) is 0. The first kappa shape index (κ1) is 19.4. The van der Waals surface area contributed by atoms with E-state index < -0.39 is 8.07 Å². The summed E-state index contributed by atoms with van der Waals surface area (Å²) in [7, 11) is -2.41. The van der Waals surface area contributed by atoms with E-state index >= 15 is 0 Å². The minimum atomic E-state index is -2.41. The van der Waals surface area contributed by atoms with Crippen LogP contribution in [-0.2, 0) is 0 Å². The van der Waals surface area contributed by atoms with E-state index in [0.29, 0.717) is 5.92 Å². The summed E-state index contributed by atoms with van der Waals surface area (Å²) in [6.45, 7) is 6.81. The molecule has 0 spiro atoms. The Morgan fingerprint density at radius 3 is 1.31 bits per heavy atom. The average Bonchev–Trinajstić information content (AvgIpc) is 2.76. The summed E-state index contributed by atoms with van der Waals surface area (Å²) in [5.41, 5.74) is 2.76. The van der Waals surface area contributed by atoms with Crippen LogP contribution < -0.4 is 20.7 Å². The summed E-state index contributed by atoms with van der Waals surface area (Å²) >= 11 is 0. The van der Waals surface area contributed by atoms with Crippen LogP contribution in [0.25, 0.3) is 0 Å². The van der Waals surface area contributed by atoms with Crippen LogP contribution in [0.2, 0.25) is 0 Å². The van der Waals surface area contributed by atoms with E-state index in [0.717, 1.165) is 0 Å². The van der Waals surface area contributed by atoms with Crippen molar-refractivity contribution in [3.05, 3.63) is 120 Å². The molecule has 0 aliphatic rings. The fourth-order valence-electron chi connectivity index (χ4n) is 4.43. The number of rotatable bonds is 5. The highest BCUT2D eigenvalue weighted by Crippen LogP contribution is 2.17. The van der Waals surface area contributed by atoms with E-state index in [4.69, 9.17) is 0 Å². The molecule has 29 heavy (non-hydrogen) atoms. The standard InChI is InChI=1S/C28H28Si/c1-22(2)24-19-23(3)20-28(21-24)29(25-13-7-4-8-14-25,26-15-9-5-10-16-26)27-17-11-6-12-18-27/h4-22H,1-3H3. The molecule has 0 bridgehead atoms. The van der Waals surface area contributed by atoms with Gasteiger partial charge in [-0.3, -0.25) is 0 Å². The van der Waals surface area contributed by atoms with E-state index in [1.165, 1.54) is 31.9 Å². The largest absolute Gasteiger partial charge is 0.179 e. The number of aryl methyl sites for hydroxylation is 1. The summed E-state index contributed by atoms with van der Waals surface area (Å²) < 4.78 is 0. The van der Waals surface area contributed by atoms with Crippen molar-refractivity contribution in [1.82, 2.24) is 0 Å². The second-order valence-corrected chi connectivity index (χ2v) is 11.9. The molecule has 0 aliphatic heterocycles. The average molecular weight is 393 g/mol. The van der Waals surface area contributed by atoms with Gasteiger partial charge in [0.25, 0.3) is 0 Å². The lowest BCUT2D eigenvalue weighted by molar-refractivity contribution is 0.866. The van der Waals surface area contributed by atoms with Gasteiger partial charge in [-0.25, -0.2) is 0 Å². The van der Waals surface area contributed by atoms with Crippen molar-refractivity contribution < 1.29 is 0 Å². The fraction of sp³-hybridized carbons (Fsp3) is 0.143. The molecule has 0 saturated heterocycles. The zero-order valence-electron chi connectivity index (χ0n) is 17.5. The van der Waals surface area contributed by atoms with Crippen LogP contribution in [0.4, 0.5) is 0 Å². The van der Waals surface area contributed by atoms with Crippen molar-refractivity contribution in [2.45, 2.75) is 26.7 Å². The predicted molar refractivity (Wildman–Crippen MR) is 129 cm³/mol. The molecule has 0 radical (unpaired) electrons. The molecule has 0 aromatic heterocycles. The Kier molecular flexibility index (Phi) is 5.51. The highest BCUT2D eigenvalue weighted by atomic mass is 28.3. The second-order valence-electron chi connectivity index (χ2n) is 8.14. The lowest BCUT2D eigenvalue weighted by Crippen LogP contribution is -2.74. The zero-order chi connectivity index (χ0) is 20.3. The normalized spacial score (nSPS) is 11.6. The predicted octanol–water partition coefficient (Wildman–Crippen LogP) is 4.50. The van der Waals surface area contributed by atoms with Crippen LogP contribution in [0.5, 0.6) is 0 Å². The third-order valence-corrected chi connectivity index (χ3v) is 10.6. The van der Waals surface area contributed by atoms with Gasteiger partial charge < -0.3 is 0 Å². The smallest absolute Gasteiger partial charge is 0.0623 e. The molecule has 4 rings (SSSR count). The summed E-state index contributed by atoms with van der Waals surface area (Å²) in [6, 6.07) is 40.6. The Hall–Kier alpha value is -2.90. The molecule has 0 nitrogen and oxygen atoms in total. The molecule has 0 amide bonds. The van der Waals surface area contributed by atoms with Gasteiger partial charge in [0.2, 0.25) is 0 Å². The van der Waals surface area contributed by atoms with Crippen molar-refractivity contribution in [3.8, 4) is 0 Å². The van der Waals surface area contributed by atoms with Crippen LogP contribution >= 0.6 is 0 Å².